The van der Waals surface area contributed by atoms with Crippen LogP contribution in [0.1, 0.15) is 27.0 Å². The maximum atomic E-state index is 13.2. The van der Waals surface area contributed by atoms with Crippen LogP contribution in [0.2, 0.25) is 0 Å². The van der Waals surface area contributed by atoms with Gasteiger partial charge in [-0.15, -0.1) is 0 Å². The van der Waals surface area contributed by atoms with Gasteiger partial charge in [0.25, 0.3) is 0 Å². The minimum Gasteiger partial charge on any atom is -1.00 e. The van der Waals surface area contributed by atoms with E-state index in [9.17, 15) is 4.79 Å². The average molecular weight is 511 g/mol. The van der Waals surface area contributed by atoms with Crippen LogP contribution >= 0.6 is 0 Å². The predicted molar refractivity (Wildman–Crippen MR) is 133 cm³/mol. The van der Waals surface area contributed by atoms with E-state index in [1.807, 2.05) is 48.5 Å². The summed E-state index contributed by atoms with van der Waals surface area (Å²) in [6.45, 7) is 5.34. The molecule has 0 fully saturated rings. The first-order chi connectivity index (χ1) is 16.1. The lowest BCUT2D eigenvalue weighted by molar-refractivity contribution is -0.663. The van der Waals surface area contributed by atoms with Gasteiger partial charge >= 0.3 is 0 Å². The Hall–Kier alpha value is -3.50. The summed E-state index contributed by atoms with van der Waals surface area (Å²) in [6, 6.07) is 33.0. The number of hydrogen-bond donors (Lipinski definition) is 0. The highest BCUT2D eigenvalue weighted by Crippen LogP contribution is 2.21. The molecule has 170 valence electrons. The molecule has 0 aliphatic heterocycles. The summed E-state index contributed by atoms with van der Waals surface area (Å²) in [6.07, 6.45) is 2.08. The monoisotopic (exact) mass is 510 g/mol. The highest BCUT2D eigenvalue weighted by atomic mass is 79.9. The van der Waals surface area contributed by atoms with Crippen molar-refractivity contribution in [3.8, 4) is 11.1 Å². The van der Waals surface area contributed by atoms with Crippen LogP contribution in [0.25, 0.3) is 22.2 Å². The third-order valence-corrected chi connectivity index (χ3v) is 6.31. The summed E-state index contributed by atoms with van der Waals surface area (Å²) < 4.78 is 4.32. The molecule has 0 unspecified atom stereocenters. The van der Waals surface area contributed by atoms with Crippen LogP contribution in [-0.2, 0) is 13.1 Å². The number of Topliss-reactive ketones (excluding diaryl/α,β-unsaturated/α-hetero) is 1. The normalized spacial score (nSPS) is 10.8. The fourth-order valence-electron chi connectivity index (χ4n) is 4.30. The van der Waals surface area contributed by atoms with Crippen molar-refractivity contribution in [3.63, 3.8) is 0 Å². The number of carbonyl (C=O) groups excluding carboxylic acids is 1. The smallest absolute Gasteiger partial charge is 0.245 e. The second-order valence-corrected chi connectivity index (χ2v) is 8.65. The third-order valence-electron chi connectivity index (χ3n) is 6.31. The second kappa shape index (κ2) is 10.2. The molecule has 0 amide bonds. The molecule has 0 spiro atoms. The minimum absolute atomic E-state index is 0. The zero-order chi connectivity index (χ0) is 22.8. The van der Waals surface area contributed by atoms with Crippen molar-refractivity contribution in [3.05, 3.63) is 126 Å². The van der Waals surface area contributed by atoms with E-state index in [0.717, 1.165) is 34.3 Å². The first kappa shape index (κ1) is 23.7. The summed E-state index contributed by atoms with van der Waals surface area (Å²) >= 11 is 0. The summed E-state index contributed by atoms with van der Waals surface area (Å²) in [5.41, 5.74) is 8.96. The number of carbonyl (C=O) groups is 1. The molecule has 5 aromatic rings. The molecule has 0 saturated heterocycles. The van der Waals surface area contributed by atoms with Crippen molar-refractivity contribution < 1.29 is 26.3 Å². The first-order valence-electron chi connectivity index (χ1n) is 11.3. The molecule has 0 atom stereocenters. The predicted octanol–water partition coefficient (Wildman–Crippen LogP) is 3.15. The SMILES string of the molecule is Cc1cc2c(cc1C)[n+](Cc1ccccc1)cn2CC(=O)c1ccc(-c2ccccc2)cc1.[Br-]. The lowest BCUT2D eigenvalue weighted by Gasteiger charge is -2.04. The Bertz CT molecular complexity index is 1420. The van der Waals surface area contributed by atoms with Gasteiger partial charge in [0.2, 0.25) is 12.1 Å². The number of aromatic nitrogens is 2. The summed E-state index contributed by atoms with van der Waals surface area (Å²) in [5, 5.41) is 0. The van der Waals surface area contributed by atoms with Crippen molar-refractivity contribution in [2.24, 2.45) is 0 Å². The van der Waals surface area contributed by atoms with Crippen molar-refractivity contribution in [1.29, 1.82) is 0 Å². The van der Waals surface area contributed by atoms with Gasteiger partial charge < -0.3 is 17.0 Å². The van der Waals surface area contributed by atoms with E-state index in [-0.39, 0.29) is 22.8 Å². The van der Waals surface area contributed by atoms with E-state index < -0.39 is 0 Å². The lowest BCUT2D eigenvalue weighted by atomic mass is 10.0. The fraction of sp³-hybridized carbons (Fsp3) is 0.133. The lowest BCUT2D eigenvalue weighted by Crippen LogP contribution is -3.00. The second-order valence-electron chi connectivity index (χ2n) is 8.65. The van der Waals surface area contributed by atoms with Crippen LogP contribution in [0.5, 0.6) is 0 Å². The van der Waals surface area contributed by atoms with E-state index in [1.165, 1.54) is 16.7 Å². The van der Waals surface area contributed by atoms with Gasteiger partial charge in [-0.1, -0.05) is 84.9 Å². The molecular formula is C30H27BrN2O. The van der Waals surface area contributed by atoms with Crippen molar-refractivity contribution in [2.75, 3.05) is 0 Å². The molecule has 0 radical (unpaired) electrons. The van der Waals surface area contributed by atoms with Gasteiger partial charge in [0.1, 0.15) is 6.54 Å². The number of nitrogens with zero attached hydrogens (tertiary/aromatic N) is 2. The van der Waals surface area contributed by atoms with Crippen LogP contribution in [0.15, 0.2) is 103 Å². The average Bonchev–Trinajstić information content (AvgIpc) is 3.16. The number of ketones is 1. The molecule has 0 aliphatic carbocycles. The van der Waals surface area contributed by atoms with Gasteiger partial charge in [-0.3, -0.25) is 4.79 Å². The number of benzene rings is 4. The summed E-state index contributed by atoms with van der Waals surface area (Å²) in [4.78, 5) is 13.2. The Balaban J connectivity index is 0.00000274. The van der Waals surface area contributed by atoms with Crippen LogP contribution in [-0.4, -0.2) is 10.4 Å². The number of fused-ring (bicyclic) bond motifs is 1. The zero-order valence-corrected chi connectivity index (χ0v) is 21.0. The number of rotatable bonds is 6. The molecule has 0 bridgehead atoms. The molecule has 0 N–H and O–H groups in total. The van der Waals surface area contributed by atoms with Crippen LogP contribution in [0, 0.1) is 13.8 Å². The van der Waals surface area contributed by atoms with Gasteiger partial charge in [-0.25, -0.2) is 9.13 Å². The Kier molecular flexibility index (Phi) is 7.09. The van der Waals surface area contributed by atoms with E-state index in [2.05, 4.69) is 77.8 Å². The van der Waals surface area contributed by atoms with Crippen LogP contribution < -0.4 is 21.5 Å². The zero-order valence-electron chi connectivity index (χ0n) is 19.4. The molecule has 0 saturated carbocycles. The van der Waals surface area contributed by atoms with E-state index in [1.54, 1.807) is 0 Å². The molecule has 1 heterocycles. The highest BCUT2D eigenvalue weighted by Gasteiger charge is 2.20. The quantitative estimate of drug-likeness (QED) is 0.254. The Morgan fingerprint density at radius 1 is 0.765 bits per heavy atom. The maximum absolute atomic E-state index is 13.2. The fourth-order valence-corrected chi connectivity index (χ4v) is 4.30. The molecule has 0 aliphatic rings. The first-order valence-corrected chi connectivity index (χ1v) is 11.3. The Morgan fingerprint density at radius 3 is 2.03 bits per heavy atom. The van der Waals surface area contributed by atoms with Gasteiger partial charge in [-0.2, -0.15) is 0 Å². The van der Waals surface area contributed by atoms with Crippen molar-refractivity contribution in [2.45, 2.75) is 26.9 Å². The largest absolute Gasteiger partial charge is 1.00 e. The van der Waals surface area contributed by atoms with Gasteiger partial charge in [0.15, 0.2) is 17.6 Å². The molecule has 4 aromatic carbocycles. The van der Waals surface area contributed by atoms with Crippen LogP contribution in [0.3, 0.4) is 0 Å². The van der Waals surface area contributed by atoms with Gasteiger partial charge in [0.05, 0.1) is 0 Å². The molecule has 4 heteroatoms. The molecule has 5 rings (SSSR count). The third kappa shape index (κ3) is 4.87. The van der Waals surface area contributed by atoms with E-state index >= 15 is 0 Å². The topological polar surface area (TPSA) is 25.9 Å². The van der Waals surface area contributed by atoms with Crippen molar-refractivity contribution in [1.82, 2.24) is 4.57 Å². The summed E-state index contributed by atoms with van der Waals surface area (Å²) in [5.74, 6) is 0.108. The van der Waals surface area contributed by atoms with E-state index in [0.29, 0.717) is 6.54 Å². The van der Waals surface area contributed by atoms with E-state index in [4.69, 9.17) is 0 Å². The molecule has 34 heavy (non-hydrogen) atoms. The number of aryl methyl sites for hydroxylation is 2. The summed E-state index contributed by atoms with van der Waals surface area (Å²) in [7, 11) is 0. The Labute approximate surface area is 211 Å². The minimum atomic E-state index is 0. The highest BCUT2D eigenvalue weighted by molar-refractivity contribution is 5.97. The number of hydrogen-bond acceptors (Lipinski definition) is 1. The van der Waals surface area contributed by atoms with Gasteiger partial charge in [0, 0.05) is 5.56 Å². The standard InChI is InChI=1S/C30H27N2O.BrH/c1-22-17-28-29(18-23(22)2)32(21-31(28)19-24-9-5-3-6-10-24)20-30(33)27-15-13-26(14-16-27)25-11-7-4-8-12-25;/h3-18,21H,19-20H2,1-2H3;1H/q+1;/p-1. The van der Waals surface area contributed by atoms with Crippen molar-refractivity contribution >= 4 is 16.8 Å². The molecule has 1 aromatic heterocycles. The molecule has 3 nitrogen and oxygen atoms in total. The number of halogens is 1. The van der Waals surface area contributed by atoms with Gasteiger partial charge in [-0.05, 0) is 53.8 Å². The Morgan fingerprint density at radius 2 is 1.35 bits per heavy atom. The van der Waals surface area contributed by atoms with Crippen LogP contribution in [0.4, 0.5) is 0 Å². The molecular weight excluding hydrogens is 484 g/mol. The maximum Gasteiger partial charge on any atom is 0.245 e. The number of imidazole rings is 1.